The number of aliphatic hydroxyl groups excluding tert-OH is 1. The molecule has 120 valence electrons. The molecule has 0 fully saturated rings. The maximum Gasteiger partial charge on any atom is 0.341 e. The first-order chi connectivity index (χ1) is 10.6. The molecular formula is C14H20N4O3S. The molecule has 0 radical (unpaired) electrons. The summed E-state index contributed by atoms with van der Waals surface area (Å²) >= 11 is 1.59. The number of hydrogen-bond donors (Lipinski definition) is 1. The molecule has 0 saturated heterocycles. The summed E-state index contributed by atoms with van der Waals surface area (Å²) in [5, 5.41) is 17.1. The zero-order chi connectivity index (χ0) is 15.9. The fraction of sp³-hybridized carbons (Fsp3) is 0.500. The van der Waals surface area contributed by atoms with Crippen molar-refractivity contribution in [2.45, 2.75) is 26.1 Å². The van der Waals surface area contributed by atoms with E-state index in [2.05, 4.69) is 10.1 Å². The monoisotopic (exact) mass is 324 g/mol. The lowest BCUT2D eigenvalue weighted by molar-refractivity contribution is 0.0525. The summed E-state index contributed by atoms with van der Waals surface area (Å²) in [6, 6.07) is 0. The van der Waals surface area contributed by atoms with E-state index in [1.54, 1.807) is 35.3 Å². The van der Waals surface area contributed by atoms with E-state index in [-0.39, 0.29) is 0 Å². The Bertz CT molecular complexity index is 585. The molecule has 0 saturated carbocycles. The van der Waals surface area contributed by atoms with Gasteiger partial charge in [-0.2, -0.15) is 5.10 Å². The normalized spacial score (nSPS) is 12.5. The van der Waals surface area contributed by atoms with E-state index in [9.17, 15) is 9.90 Å². The molecule has 0 aliphatic carbocycles. The fourth-order valence-electron chi connectivity index (χ4n) is 2.04. The maximum atomic E-state index is 11.5. The number of carbonyl (C=O) groups excluding carboxylic acids is 1. The second-order valence-corrected chi connectivity index (χ2v) is 5.93. The van der Waals surface area contributed by atoms with Gasteiger partial charge in [0, 0.05) is 24.3 Å². The van der Waals surface area contributed by atoms with Gasteiger partial charge in [-0.1, -0.05) is 0 Å². The number of aliphatic hydroxyl groups is 1. The minimum Gasteiger partial charge on any atom is -0.462 e. The van der Waals surface area contributed by atoms with Crippen molar-refractivity contribution in [1.82, 2.24) is 19.7 Å². The summed E-state index contributed by atoms with van der Waals surface area (Å²) in [6.07, 6.45) is 4.22. The first-order valence-electron chi connectivity index (χ1n) is 7.03. The van der Waals surface area contributed by atoms with Gasteiger partial charge >= 0.3 is 5.97 Å². The van der Waals surface area contributed by atoms with E-state index in [0.717, 1.165) is 5.01 Å². The number of thiazole rings is 1. The molecule has 1 atom stereocenters. The van der Waals surface area contributed by atoms with Crippen LogP contribution in [0.15, 0.2) is 24.0 Å². The number of carbonyl (C=O) groups is 1. The molecule has 0 bridgehead atoms. The highest BCUT2D eigenvalue weighted by Gasteiger charge is 2.13. The van der Waals surface area contributed by atoms with Crippen molar-refractivity contribution in [3.05, 3.63) is 34.5 Å². The van der Waals surface area contributed by atoms with Gasteiger partial charge < -0.3 is 9.84 Å². The van der Waals surface area contributed by atoms with E-state index in [1.807, 2.05) is 17.3 Å². The summed E-state index contributed by atoms with van der Waals surface area (Å²) in [6.45, 7) is 3.59. The molecule has 2 aromatic rings. The standard InChI is InChI=1S/C14H20N4O3S/c1-3-21-14(20)11-6-16-18(7-11)9-12(19)8-17(2)10-13-15-4-5-22-13/h4-7,12,19H,3,8-10H2,1-2H3. The molecule has 2 rings (SSSR count). The molecule has 1 N–H and O–H groups in total. The molecule has 0 aliphatic rings. The van der Waals surface area contributed by atoms with Crippen LogP contribution in [0.1, 0.15) is 22.3 Å². The minimum absolute atomic E-state index is 0.321. The second-order valence-electron chi connectivity index (χ2n) is 4.95. The summed E-state index contributed by atoms with van der Waals surface area (Å²) in [4.78, 5) is 17.8. The number of ether oxygens (including phenoxy) is 1. The van der Waals surface area contributed by atoms with Crippen LogP contribution in [0.5, 0.6) is 0 Å². The number of aromatic nitrogens is 3. The van der Waals surface area contributed by atoms with E-state index in [1.165, 1.54) is 6.20 Å². The Morgan fingerprint density at radius 2 is 2.41 bits per heavy atom. The van der Waals surface area contributed by atoms with E-state index in [0.29, 0.717) is 31.8 Å². The van der Waals surface area contributed by atoms with Gasteiger partial charge in [0.15, 0.2) is 0 Å². The number of nitrogens with zero attached hydrogens (tertiary/aromatic N) is 4. The number of esters is 1. The lowest BCUT2D eigenvalue weighted by atomic mass is 10.3. The molecule has 2 heterocycles. The first kappa shape index (κ1) is 16.6. The van der Waals surface area contributed by atoms with Crippen LogP contribution >= 0.6 is 11.3 Å². The zero-order valence-corrected chi connectivity index (χ0v) is 13.5. The summed E-state index contributed by atoms with van der Waals surface area (Å²) < 4.78 is 6.45. The number of likely N-dealkylation sites (N-methyl/N-ethyl adjacent to an activating group) is 1. The fourth-order valence-corrected chi connectivity index (χ4v) is 2.74. The van der Waals surface area contributed by atoms with Crippen LogP contribution in [0, 0.1) is 0 Å². The molecule has 8 heteroatoms. The smallest absolute Gasteiger partial charge is 0.341 e. The third-order valence-electron chi connectivity index (χ3n) is 2.95. The zero-order valence-electron chi connectivity index (χ0n) is 12.7. The molecule has 0 amide bonds. The first-order valence-corrected chi connectivity index (χ1v) is 7.91. The highest BCUT2D eigenvalue weighted by molar-refractivity contribution is 7.09. The third kappa shape index (κ3) is 4.90. The Balaban J connectivity index is 1.81. The van der Waals surface area contributed by atoms with Crippen LogP contribution in [0.2, 0.25) is 0 Å². The van der Waals surface area contributed by atoms with Crippen molar-refractivity contribution in [3.63, 3.8) is 0 Å². The highest BCUT2D eigenvalue weighted by Crippen LogP contribution is 2.08. The molecule has 22 heavy (non-hydrogen) atoms. The number of hydrogen-bond acceptors (Lipinski definition) is 7. The Hall–Kier alpha value is -1.77. The third-order valence-corrected chi connectivity index (χ3v) is 3.72. The van der Waals surface area contributed by atoms with Crippen LogP contribution in [0.3, 0.4) is 0 Å². The van der Waals surface area contributed by atoms with Crippen LogP contribution in [-0.2, 0) is 17.8 Å². The van der Waals surface area contributed by atoms with Crippen molar-refractivity contribution in [1.29, 1.82) is 0 Å². The van der Waals surface area contributed by atoms with Crippen molar-refractivity contribution in [2.75, 3.05) is 20.2 Å². The molecule has 7 nitrogen and oxygen atoms in total. The topological polar surface area (TPSA) is 80.5 Å². The van der Waals surface area contributed by atoms with E-state index in [4.69, 9.17) is 4.74 Å². The maximum absolute atomic E-state index is 11.5. The SMILES string of the molecule is CCOC(=O)c1cnn(CC(O)CN(C)Cc2nccs2)c1. The van der Waals surface area contributed by atoms with Gasteiger partial charge in [0.1, 0.15) is 5.01 Å². The second kappa shape index (κ2) is 8.02. The summed E-state index contributed by atoms with van der Waals surface area (Å²) in [5.41, 5.74) is 0.394. The van der Waals surface area contributed by atoms with Crippen molar-refractivity contribution in [2.24, 2.45) is 0 Å². The number of rotatable bonds is 8. The molecule has 1 unspecified atom stereocenters. The quantitative estimate of drug-likeness (QED) is 0.730. The molecular weight excluding hydrogens is 304 g/mol. The lowest BCUT2D eigenvalue weighted by Crippen LogP contribution is -2.31. The van der Waals surface area contributed by atoms with Crippen molar-refractivity contribution in [3.8, 4) is 0 Å². The van der Waals surface area contributed by atoms with Gasteiger partial charge in [-0.3, -0.25) is 9.58 Å². The van der Waals surface area contributed by atoms with Crippen LogP contribution < -0.4 is 0 Å². The van der Waals surface area contributed by atoms with Gasteiger partial charge in [-0.15, -0.1) is 11.3 Å². The lowest BCUT2D eigenvalue weighted by Gasteiger charge is -2.19. The molecule has 2 aromatic heterocycles. The Morgan fingerprint density at radius 3 is 3.09 bits per heavy atom. The van der Waals surface area contributed by atoms with Crippen molar-refractivity contribution >= 4 is 17.3 Å². The Kier molecular flexibility index (Phi) is 6.05. The van der Waals surface area contributed by atoms with Crippen molar-refractivity contribution < 1.29 is 14.6 Å². The van der Waals surface area contributed by atoms with Crippen LogP contribution in [0.4, 0.5) is 0 Å². The Morgan fingerprint density at radius 1 is 1.59 bits per heavy atom. The predicted octanol–water partition coefficient (Wildman–Crippen LogP) is 1.01. The minimum atomic E-state index is -0.583. The Labute approximate surface area is 133 Å². The molecule has 0 aromatic carbocycles. The largest absolute Gasteiger partial charge is 0.462 e. The summed E-state index contributed by atoms with van der Waals surface area (Å²) in [5.74, 6) is -0.399. The van der Waals surface area contributed by atoms with Gasteiger partial charge in [0.05, 0.1) is 37.6 Å². The van der Waals surface area contributed by atoms with Crippen LogP contribution in [-0.4, -0.2) is 57.0 Å². The molecule has 0 aliphatic heterocycles. The highest BCUT2D eigenvalue weighted by atomic mass is 32.1. The van der Waals surface area contributed by atoms with Crippen LogP contribution in [0.25, 0.3) is 0 Å². The van der Waals surface area contributed by atoms with Gasteiger partial charge in [-0.05, 0) is 14.0 Å². The van der Waals surface area contributed by atoms with Gasteiger partial charge in [0.2, 0.25) is 0 Å². The van der Waals surface area contributed by atoms with Gasteiger partial charge in [0.25, 0.3) is 0 Å². The van der Waals surface area contributed by atoms with Gasteiger partial charge in [-0.25, -0.2) is 9.78 Å². The predicted molar refractivity (Wildman–Crippen MR) is 82.6 cm³/mol. The van der Waals surface area contributed by atoms with E-state index >= 15 is 0 Å². The van der Waals surface area contributed by atoms with E-state index < -0.39 is 12.1 Å². The average Bonchev–Trinajstić information content (AvgIpc) is 3.10. The average molecular weight is 324 g/mol. The molecule has 0 spiro atoms. The summed E-state index contributed by atoms with van der Waals surface area (Å²) in [7, 11) is 1.93.